The number of nitrogens with zero attached hydrogens (tertiary/aromatic N) is 4. The van der Waals surface area contributed by atoms with Crippen LogP contribution in [0.2, 0.25) is 0 Å². The van der Waals surface area contributed by atoms with E-state index in [1.54, 1.807) is 12.5 Å². The van der Waals surface area contributed by atoms with Gasteiger partial charge in [0.2, 0.25) is 0 Å². The lowest BCUT2D eigenvalue weighted by atomic mass is 10.0. The number of aryl methyl sites for hydroxylation is 2. The molecule has 0 bridgehead atoms. The zero-order valence-corrected chi connectivity index (χ0v) is 13.5. The summed E-state index contributed by atoms with van der Waals surface area (Å²) < 4.78 is 16.1. The van der Waals surface area contributed by atoms with Crippen molar-refractivity contribution in [2.24, 2.45) is 12.8 Å². The summed E-state index contributed by atoms with van der Waals surface area (Å²) >= 11 is 0. The lowest BCUT2D eigenvalue weighted by Gasteiger charge is -2.22. The molecule has 0 aliphatic carbocycles. The minimum Gasteiger partial charge on any atom is -0.334 e. The van der Waals surface area contributed by atoms with E-state index < -0.39 is 0 Å². The Hall–Kier alpha value is -2.47. The molecule has 2 aromatic heterocycles. The Labute approximate surface area is 134 Å². The molecule has 0 aliphatic heterocycles. The maximum atomic E-state index is 14.2. The Bertz CT molecular complexity index is 856. The standard InChI is InChI=1S/C17H20FN5/c1-4-11-5-12(8-19)13(18)6-15(11)23(3)17-7-16-14(9-20-17)21-10-22(16)2/h5-7,9-10H,4,8,19H2,1-3H3. The third-order valence-corrected chi connectivity index (χ3v) is 4.15. The highest BCUT2D eigenvalue weighted by Gasteiger charge is 2.15. The fourth-order valence-corrected chi connectivity index (χ4v) is 2.74. The summed E-state index contributed by atoms with van der Waals surface area (Å²) in [6, 6.07) is 5.33. The quantitative estimate of drug-likeness (QED) is 0.804. The lowest BCUT2D eigenvalue weighted by molar-refractivity contribution is 0.609. The number of hydrogen-bond donors (Lipinski definition) is 1. The van der Waals surface area contributed by atoms with E-state index in [1.165, 1.54) is 6.07 Å². The highest BCUT2D eigenvalue weighted by molar-refractivity contribution is 5.79. The highest BCUT2D eigenvalue weighted by Crippen LogP contribution is 2.30. The maximum Gasteiger partial charge on any atom is 0.134 e. The number of aromatic nitrogens is 3. The molecule has 0 atom stereocenters. The molecule has 0 spiro atoms. The number of rotatable bonds is 4. The molecular formula is C17H20FN5. The van der Waals surface area contributed by atoms with Gasteiger partial charge in [0.15, 0.2) is 0 Å². The summed E-state index contributed by atoms with van der Waals surface area (Å²) in [4.78, 5) is 10.6. The van der Waals surface area contributed by atoms with Crippen molar-refractivity contribution in [1.29, 1.82) is 0 Å². The zero-order valence-electron chi connectivity index (χ0n) is 13.5. The van der Waals surface area contributed by atoms with Crippen molar-refractivity contribution in [2.45, 2.75) is 19.9 Å². The van der Waals surface area contributed by atoms with Crippen molar-refractivity contribution in [1.82, 2.24) is 14.5 Å². The number of nitrogens with two attached hydrogens (primary N) is 1. The fraction of sp³-hybridized carbons (Fsp3) is 0.294. The molecule has 0 fully saturated rings. The van der Waals surface area contributed by atoms with Crippen LogP contribution in [0.25, 0.3) is 11.0 Å². The molecule has 0 radical (unpaired) electrons. The van der Waals surface area contributed by atoms with Crippen LogP contribution in [0.3, 0.4) is 0 Å². The number of benzene rings is 1. The van der Waals surface area contributed by atoms with Gasteiger partial charge in [-0.3, -0.25) is 0 Å². The first kappa shape index (κ1) is 15.4. The predicted molar refractivity (Wildman–Crippen MR) is 90.2 cm³/mol. The van der Waals surface area contributed by atoms with Gasteiger partial charge in [-0.1, -0.05) is 6.92 Å². The number of fused-ring (bicyclic) bond motifs is 1. The normalized spacial score (nSPS) is 11.2. The predicted octanol–water partition coefficient (Wildman–Crippen LogP) is 2.90. The first-order valence-electron chi connectivity index (χ1n) is 7.57. The van der Waals surface area contributed by atoms with E-state index in [0.29, 0.717) is 5.56 Å². The summed E-state index contributed by atoms with van der Waals surface area (Å²) in [7, 11) is 3.83. The second-order valence-corrected chi connectivity index (χ2v) is 5.58. The van der Waals surface area contributed by atoms with Crippen molar-refractivity contribution >= 4 is 22.5 Å². The van der Waals surface area contributed by atoms with Crippen molar-refractivity contribution < 1.29 is 4.39 Å². The van der Waals surface area contributed by atoms with Crippen LogP contribution in [0.5, 0.6) is 0 Å². The van der Waals surface area contributed by atoms with Gasteiger partial charge >= 0.3 is 0 Å². The third-order valence-electron chi connectivity index (χ3n) is 4.15. The fourth-order valence-electron chi connectivity index (χ4n) is 2.74. The van der Waals surface area contributed by atoms with E-state index in [2.05, 4.69) is 9.97 Å². The van der Waals surface area contributed by atoms with Gasteiger partial charge in [-0.25, -0.2) is 14.4 Å². The average molecular weight is 313 g/mol. The van der Waals surface area contributed by atoms with Crippen LogP contribution in [0.1, 0.15) is 18.1 Å². The van der Waals surface area contributed by atoms with Gasteiger partial charge in [0.1, 0.15) is 17.2 Å². The number of hydrogen-bond acceptors (Lipinski definition) is 4. The van der Waals surface area contributed by atoms with Gasteiger partial charge in [-0.2, -0.15) is 0 Å². The molecule has 0 unspecified atom stereocenters. The van der Waals surface area contributed by atoms with Gasteiger partial charge in [-0.05, 0) is 24.1 Å². The van der Waals surface area contributed by atoms with Crippen LogP contribution in [-0.2, 0) is 20.0 Å². The molecule has 3 aromatic rings. The van der Waals surface area contributed by atoms with Gasteiger partial charge in [-0.15, -0.1) is 0 Å². The van der Waals surface area contributed by atoms with Gasteiger partial charge in [0.25, 0.3) is 0 Å². The number of pyridine rings is 1. The molecule has 2 N–H and O–H groups in total. The molecular weight excluding hydrogens is 293 g/mol. The summed E-state index contributed by atoms with van der Waals surface area (Å²) in [5.41, 5.74) is 9.81. The van der Waals surface area contributed by atoms with Crippen molar-refractivity contribution in [2.75, 3.05) is 11.9 Å². The monoisotopic (exact) mass is 313 g/mol. The highest BCUT2D eigenvalue weighted by atomic mass is 19.1. The maximum absolute atomic E-state index is 14.2. The van der Waals surface area contributed by atoms with Crippen LogP contribution < -0.4 is 10.6 Å². The smallest absolute Gasteiger partial charge is 0.134 e. The van der Waals surface area contributed by atoms with E-state index in [1.807, 2.05) is 42.6 Å². The SMILES string of the molecule is CCc1cc(CN)c(F)cc1N(C)c1cc2c(cn1)ncn2C. The molecule has 5 nitrogen and oxygen atoms in total. The largest absolute Gasteiger partial charge is 0.334 e. The van der Waals surface area contributed by atoms with Crippen LogP contribution in [0, 0.1) is 5.82 Å². The summed E-state index contributed by atoms with van der Waals surface area (Å²) in [5, 5.41) is 0. The van der Waals surface area contributed by atoms with Crippen LogP contribution in [-0.4, -0.2) is 21.6 Å². The van der Waals surface area contributed by atoms with E-state index in [-0.39, 0.29) is 12.4 Å². The molecule has 0 amide bonds. The molecule has 23 heavy (non-hydrogen) atoms. The second-order valence-electron chi connectivity index (χ2n) is 5.58. The molecule has 0 aliphatic rings. The van der Waals surface area contributed by atoms with Crippen LogP contribution in [0.15, 0.2) is 30.7 Å². The van der Waals surface area contributed by atoms with Crippen molar-refractivity contribution in [3.8, 4) is 0 Å². The Morgan fingerprint density at radius 3 is 2.70 bits per heavy atom. The minimum absolute atomic E-state index is 0.196. The Balaban J connectivity index is 2.09. The van der Waals surface area contributed by atoms with E-state index in [4.69, 9.17) is 5.73 Å². The Kier molecular flexibility index (Phi) is 4.00. The number of halogens is 1. The average Bonchev–Trinajstić information content (AvgIpc) is 2.94. The molecule has 3 rings (SSSR count). The summed E-state index contributed by atoms with van der Waals surface area (Å²) in [5.74, 6) is 0.462. The minimum atomic E-state index is -0.284. The molecule has 0 saturated heterocycles. The van der Waals surface area contributed by atoms with Gasteiger partial charge in [0, 0.05) is 38.0 Å². The first-order chi connectivity index (χ1) is 11.0. The summed E-state index contributed by atoms with van der Waals surface area (Å²) in [6.45, 7) is 2.24. The molecule has 1 aromatic carbocycles. The first-order valence-corrected chi connectivity index (χ1v) is 7.57. The second kappa shape index (κ2) is 5.96. The number of imidazole rings is 1. The Morgan fingerprint density at radius 2 is 2.00 bits per heavy atom. The lowest BCUT2D eigenvalue weighted by Crippen LogP contribution is -2.15. The molecule has 0 saturated carbocycles. The third kappa shape index (κ3) is 2.66. The van der Waals surface area contributed by atoms with E-state index in [9.17, 15) is 4.39 Å². The van der Waals surface area contributed by atoms with Crippen molar-refractivity contribution in [3.63, 3.8) is 0 Å². The summed E-state index contributed by atoms with van der Waals surface area (Å²) in [6.07, 6.45) is 4.28. The zero-order chi connectivity index (χ0) is 16.6. The van der Waals surface area contributed by atoms with Gasteiger partial charge < -0.3 is 15.2 Å². The molecule has 6 heteroatoms. The topological polar surface area (TPSA) is 60.0 Å². The van der Waals surface area contributed by atoms with Crippen LogP contribution >= 0.6 is 0 Å². The van der Waals surface area contributed by atoms with Gasteiger partial charge in [0.05, 0.1) is 18.0 Å². The molecule has 120 valence electrons. The van der Waals surface area contributed by atoms with E-state index in [0.717, 1.165) is 34.5 Å². The van der Waals surface area contributed by atoms with Crippen molar-refractivity contribution in [3.05, 3.63) is 47.7 Å². The molecule has 2 heterocycles. The van der Waals surface area contributed by atoms with Crippen LogP contribution in [0.4, 0.5) is 15.9 Å². The Morgan fingerprint density at radius 1 is 1.22 bits per heavy atom. The van der Waals surface area contributed by atoms with E-state index >= 15 is 0 Å². The number of anilines is 2.